The van der Waals surface area contributed by atoms with Crippen LogP contribution in [-0.2, 0) is 12.7 Å². The van der Waals surface area contributed by atoms with Crippen LogP contribution in [0.1, 0.15) is 58.6 Å². The second-order valence-corrected chi connectivity index (χ2v) is 8.66. The minimum Gasteiger partial charge on any atom is -0.493 e. The summed E-state index contributed by atoms with van der Waals surface area (Å²) < 4.78 is 73.6. The summed E-state index contributed by atoms with van der Waals surface area (Å²) in [7, 11) is 0. The van der Waals surface area contributed by atoms with Crippen LogP contribution in [0.15, 0.2) is 30.3 Å². The SMILES string of the molecule is O=Cc1cc(C2CC2)c(OC[C@@H]2CCCN(Cc3cc(F)ccc3C(F)(F)F)C2)cc1F. The van der Waals surface area contributed by atoms with E-state index in [2.05, 4.69) is 0 Å². The molecule has 0 N–H and O–H groups in total. The van der Waals surface area contributed by atoms with Crippen LogP contribution < -0.4 is 4.74 Å². The van der Waals surface area contributed by atoms with E-state index in [0.717, 1.165) is 49.4 Å². The molecule has 1 aliphatic carbocycles. The van der Waals surface area contributed by atoms with Gasteiger partial charge in [0.15, 0.2) is 6.29 Å². The van der Waals surface area contributed by atoms with E-state index in [-0.39, 0.29) is 29.5 Å². The van der Waals surface area contributed by atoms with Crippen LogP contribution in [0.4, 0.5) is 22.0 Å². The second-order valence-electron chi connectivity index (χ2n) is 8.66. The Hall–Kier alpha value is -2.48. The number of benzene rings is 2. The fraction of sp³-hybridized carbons (Fsp3) is 0.458. The molecule has 8 heteroatoms. The molecule has 0 aromatic heterocycles. The first-order chi connectivity index (χ1) is 15.2. The lowest BCUT2D eigenvalue weighted by Gasteiger charge is -2.33. The molecule has 0 radical (unpaired) electrons. The van der Waals surface area contributed by atoms with Gasteiger partial charge < -0.3 is 4.74 Å². The van der Waals surface area contributed by atoms with Crippen molar-refractivity contribution in [2.75, 3.05) is 19.7 Å². The number of halogens is 5. The van der Waals surface area contributed by atoms with Crippen LogP contribution in [0.25, 0.3) is 0 Å². The van der Waals surface area contributed by atoms with Gasteiger partial charge in [-0.15, -0.1) is 0 Å². The third-order valence-corrected chi connectivity index (χ3v) is 6.12. The average Bonchev–Trinajstić information content (AvgIpc) is 3.57. The first-order valence-electron chi connectivity index (χ1n) is 10.7. The van der Waals surface area contributed by atoms with E-state index < -0.39 is 23.4 Å². The van der Waals surface area contributed by atoms with E-state index in [4.69, 9.17) is 4.74 Å². The van der Waals surface area contributed by atoms with Gasteiger partial charge in [0, 0.05) is 25.1 Å². The van der Waals surface area contributed by atoms with Crippen molar-refractivity contribution in [1.82, 2.24) is 4.90 Å². The Morgan fingerprint density at radius 1 is 1.09 bits per heavy atom. The number of alkyl halides is 3. The van der Waals surface area contributed by atoms with Gasteiger partial charge in [-0.2, -0.15) is 13.2 Å². The number of hydrogen-bond acceptors (Lipinski definition) is 3. The summed E-state index contributed by atoms with van der Waals surface area (Å²) in [6, 6.07) is 5.35. The lowest BCUT2D eigenvalue weighted by atomic mass is 9.97. The highest BCUT2D eigenvalue weighted by Crippen LogP contribution is 2.45. The fourth-order valence-corrected chi connectivity index (χ4v) is 4.37. The van der Waals surface area contributed by atoms with Gasteiger partial charge in [0.25, 0.3) is 0 Å². The summed E-state index contributed by atoms with van der Waals surface area (Å²) in [5, 5.41) is 0. The number of likely N-dealkylation sites (tertiary alicyclic amines) is 1. The van der Waals surface area contributed by atoms with Crippen molar-refractivity contribution in [2.24, 2.45) is 5.92 Å². The van der Waals surface area contributed by atoms with Crippen molar-refractivity contribution in [1.29, 1.82) is 0 Å². The van der Waals surface area contributed by atoms with Gasteiger partial charge in [-0.1, -0.05) is 0 Å². The van der Waals surface area contributed by atoms with E-state index in [9.17, 15) is 26.7 Å². The fourth-order valence-electron chi connectivity index (χ4n) is 4.37. The molecule has 4 rings (SSSR count). The van der Waals surface area contributed by atoms with E-state index in [1.54, 1.807) is 6.07 Å². The molecule has 3 nitrogen and oxygen atoms in total. The molecule has 1 aliphatic heterocycles. The van der Waals surface area contributed by atoms with Crippen LogP contribution in [0.3, 0.4) is 0 Å². The number of aldehydes is 1. The molecule has 1 heterocycles. The molecule has 0 amide bonds. The number of ether oxygens (including phenoxy) is 1. The maximum absolute atomic E-state index is 14.1. The molecule has 2 aromatic rings. The third kappa shape index (κ3) is 5.28. The van der Waals surface area contributed by atoms with Gasteiger partial charge in [0.1, 0.15) is 17.4 Å². The summed E-state index contributed by atoms with van der Waals surface area (Å²) in [5.74, 6) is -0.584. The van der Waals surface area contributed by atoms with E-state index in [0.29, 0.717) is 31.7 Å². The van der Waals surface area contributed by atoms with Crippen molar-refractivity contribution in [2.45, 2.75) is 44.3 Å². The molecule has 172 valence electrons. The summed E-state index contributed by atoms with van der Waals surface area (Å²) in [5.41, 5.74) is -0.0619. The van der Waals surface area contributed by atoms with Gasteiger partial charge in [0.2, 0.25) is 0 Å². The lowest BCUT2D eigenvalue weighted by Crippen LogP contribution is -2.37. The predicted molar refractivity (Wildman–Crippen MR) is 109 cm³/mol. The smallest absolute Gasteiger partial charge is 0.416 e. The Kier molecular flexibility index (Phi) is 6.51. The summed E-state index contributed by atoms with van der Waals surface area (Å²) in [4.78, 5) is 12.9. The first kappa shape index (κ1) is 22.7. The monoisotopic (exact) mass is 453 g/mol. The molecular weight excluding hydrogens is 429 g/mol. The highest BCUT2D eigenvalue weighted by molar-refractivity contribution is 5.76. The Bertz CT molecular complexity index is 987. The van der Waals surface area contributed by atoms with Crippen LogP contribution >= 0.6 is 0 Å². The van der Waals surface area contributed by atoms with Crippen molar-refractivity contribution in [3.8, 4) is 5.75 Å². The van der Waals surface area contributed by atoms with Gasteiger partial charge >= 0.3 is 6.18 Å². The lowest BCUT2D eigenvalue weighted by molar-refractivity contribution is -0.138. The normalized spacial score (nSPS) is 19.7. The number of carbonyl (C=O) groups excluding carboxylic acids is 1. The average molecular weight is 453 g/mol. The molecule has 0 bridgehead atoms. The molecule has 0 spiro atoms. The molecule has 2 aliphatic rings. The zero-order valence-electron chi connectivity index (χ0n) is 17.4. The van der Waals surface area contributed by atoms with E-state index >= 15 is 0 Å². The van der Waals surface area contributed by atoms with Crippen molar-refractivity contribution in [3.05, 3.63) is 64.2 Å². The number of carbonyl (C=O) groups is 1. The van der Waals surface area contributed by atoms with Crippen LogP contribution in [0.5, 0.6) is 5.75 Å². The van der Waals surface area contributed by atoms with Crippen LogP contribution in [0, 0.1) is 17.6 Å². The Morgan fingerprint density at radius 3 is 2.56 bits per heavy atom. The molecular formula is C24H24F5NO2. The largest absolute Gasteiger partial charge is 0.493 e. The van der Waals surface area contributed by atoms with E-state index in [1.807, 2.05) is 4.90 Å². The summed E-state index contributed by atoms with van der Waals surface area (Å²) in [6.45, 7) is 1.41. The quantitative estimate of drug-likeness (QED) is 0.383. The molecule has 32 heavy (non-hydrogen) atoms. The Morgan fingerprint density at radius 2 is 1.88 bits per heavy atom. The van der Waals surface area contributed by atoms with Gasteiger partial charge in [-0.3, -0.25) is 9.69 Å². The number of piperidine rings is 1. The van der Waals surface area contributed by atoms with Crippen LogP contribution in [0.2, 0.25) is 0 Å². The van der Waals surface area contributed by atoms with Gasteiger partial charge in [-0.05, 0) is 73.5 Å². The number of rotatable bonds is 7. The second kappa shape index (κ2) is 9.17. The summed E-state index contributed by atoms with van der Waals surface area (Å²) in [6.07, 6.45) is -0.513. The first-order valence-corrected chi connectivity index (χ1v) is 10.7. The molecule has 2 aromatic carbocycles. The topological polar surface area (TPSA) is 29.5 Å². The Balaban J connectivity index is 1.42. The molecule has 1 saturated heterocycles. The highest BCUT2D eigenvalue weighted by atomic mass is 19.4. The standard InChI is InChI=1S/C24H24F5NO2/c25-19-5-6-21(24(27,28)29)17(8-19)12-30-7-1-2-15(11-30)14-32-23-10-22(26)18(13-31)9-20(23)16-3-4-16/h5-6,8-10,13,15-16H,1-4,7,11-12,14H2/t15-/m1/s1. The van der Waals surface area contributed by atoms with Gasteiger partial charge in [-0.25, -0.2) is 8.78 Å². The minimum atomic E-state index is -4.54. The number of nitrogens with zero attached hydrogens (tertiary/aromatic N) is 1. The minimum absolute atomic E-state index is 0.000906. The molecule has 0 unspecified atom stereocenters. The van der Waals surface area contributed by atoms with Crippen molar-refractivity contribution < 1.29 is 31.5 Å². The molecule has 1 saturated carbocycles. The number of hydrogen-bond donors (Lipinski definition) is 0. The maximum Gasteiger partial charge on any atom is 0.416 e. The summed E-state index contributed by atoms with van der Waals surface area (Å²) >= 11 is 0. The van der Waals surface area contributed by atoms with Gasteiger partial charge in [0.05, 0.1) is 17.7 Å². The zero-order valence-corrected chi connectivity index (χ0v) is 17.4. The van der Waals surface area contributed by atoms with Crippen molar-refractivity contribution in [3.63, 3.8) is 0 Å². The molecule has 1 atom stereocenters. The van der Waals surface area contributed by atoms with Crippen LogP contribution in [-0.4, -0.2) is 30.9 Å². The highest BCUT2D eigenvalue weighted by Gasteiger charge is 2.34. The molecule has 2 fully saturated rings. The zero-order chi connectivity index (χ0) is 22.9. The van der Waals surface area contributed by atoms with E-state index in [1.165, 1.54) is 6.07 Å². The maximum atomic E-state index is 14.1. The predicted octanol–water partition coefficient (Wildman–Crippen LogP) is 5.96. The Labute approximate surface area is 183 Å². The third-order valence-electron chi connectivity index (χ3n) is 6.12. The van der Waals surface area contributed by atoms with Crippen molar-refractivity contribution >= 4 is 6.29 Å².